The Bertz CT molecular complexity index is 866. The van der Waals surface area contributed by atoms with Gasteiger partial charge in [-0.25, -0.2) is 5.43 Å². The first-order chi connectivity index (χ1) is 13.0. The highest BCUT2D eigenvalue weighted by atomic mass is 127. The summed E-state index contributed by atoms with van der Waals surface area (Å²) in [7, 11) is 1.55. The minimum atomic E-state index is -0.207. The lowest BCUT2D eigenvalue weighted by atomic mass is 10.2. The van der Waals surface area contributed by atoms with E-state index in [-0.39, 0.29) is 18.3 Å². The third-order valence-corrected chi connectivity index (χ3v) is 5.20. The van der Waals surface area contributed by atoms with Crippen molar-refractivity contribution in [1.82, 2.24) is 5.43 Å². The van der Waals surface area contributed by atoms with Crippen LogP contribution in [0.3, 0.4) is 0 Å². The molecule has 0 saturated heterocycles. The van der Waals surface area contributed by atoms with Crippen molar-refractivity contribution in [3.05, 3.63) is 50.6 Å². The minimum absolute atomic E-state index is 0.154. The molecule has 0 fully saturated rings. The van der Waals surface area contributed by atoms with Crippen molar-refractivity contribution < 1.29 is 14.3 Å². The highest BCUT2D eigenvalue weighted by Crippen LogP contribution is 2.33. The van der Waals surface area contributed by atoms with E-state index in [9.17, 15) is 4.79 Å². The molecule has 0 aliphatic carbocycles. The number of benzene rings is 2. The second-order valence-corrected chi connectivity index (χ2v) is 7.71. The Labute approximate surface area is 181 Å². The number of hydrogen-bond acceptors (Lipinski definition) is 5. The molecule has 1 amide bonds. The lowest BCUT2D eigenvalue weighted by Crippen LogP contribution is -2.19. The normalized spacial score (nSPS) is 10.4. The fraction of sp³-hybridized carbons (Fsp3) is 0.158. The van der Waals surface area contributed by atoms with Crippen LogP contribution >= 0.6 is 46.0 Å². The first-order valence-corrected chi connectivity index (χ1v) is 10.1. The molecule has 0 bridgehead atoms. The summed E-state index contributed by atoms with van der Waals surface area (Å²) in [6.45, 7) is 0.154. The van der Waals surface area contributed by atoms with Crippen LogP contribution in [0, 0.1) is 15.9 Å². The molecule has 140 valence electrons. The Morgan fingerprint density at radius 1 is 1.41 bits per heavy atom. The lowest BCUT2D eigenvalue weighted by Gasteiger charge is -2.11. The van der Waals surface area contributed by atoms with Gasteiger partial charge in [0.05, 0.1) is 22.6 Å². The number of hydrogen-bond donors (Lipinski definition) is 1. The van der Waals surface area contributed by atoms with Crippen LogP contribution in [0.1, 0.15) is 5.56 Å². The number of carbonyl (C=O) groups excluding carboxylic acids is 1. The van der Waals surface area contributed by atoms with Crippen LogP contribution in [0.15, 0.2) is 46.4 Å². The fourth-order valence-electron chi connectivity index (χ4n) is 1.96. The molecule has 0 aliphatic rings. The van der Waals surface area contributed by atoms with Crippen molar-refractivity contribution in [1.29, 1.82) is 0 Å². The van der Waals surface area contributed by atoms with E-state index >= 15 is 0 Å². The van der Waals surface area contributed by atoms with Gasteiger partial charge in [0.15, 0.2) is 11.5 Å². The second-order valence-electron chi connectivity index (χ2n) is 5.06. The molecule has 8 heteroatoms. The van der Waals surface area contributed by atoms with Crippen molar-refractivity contribution in [3.63, 3.8) is 0 Å². The first kappa shape index (κ1) is 21.4. The number of ether oxygens (including phenoxy) is 2. The lowest BCUT2D eigenvalue weighted by molar-refractivity contribution is -0.118. The van der Waals surface area contributed by atoms with Gasteiger partial charge in [0.2, 0.25) is 5.91 Å². The second kappa shape index (κ2) is 11.1. The number of hydrazone groups is 1. The van der Waals surface area contributed by atoms with Gasteiger partial charge in [-0.3, -0.25) is 4.79 Å². The standard InChI is InChI=1S/C19H16ClIN2O3S/c1-3-8-26-19-16(21)9-13(10-17(19)25-2)11-22-23-18(24)12-27-15-6-4-14(20)5-7-15/h1,4-7,9-11H,8,12H2,2H3,(H,23,24)/b22-11-. The zero-order valence-electron chi connectivity index (χ0n) is 14.4. The van der Waals surface area contributed by atoms with Gasteiger partial charge < -0.3 is 9.47 Å². The third-order valence-electron chi connectivity index (χ3n) is 3.14. The van der Waals surface area contributed by atoms with Crippen LogP contribution in [-0.2, 0) is 4.79 Å². The number of terminal acetylenes is 1. The zero-order chi connectivity index (χ0) is 19.6. The zero-order valence-corrected chi connectivity index (χ0v) is 18.1. The van der Waals surface area contributed by atoms with Crippen LogP contribution in [0.4, 0.5) is 0 Å². The summed E-state index contributed by atoms with van der Waals surface area (Å²) in [5.74, 6) is 3.59. The highest BCUT2D eigenvalue weighted by molar-refractivity contribution is 14.1. The molecular formula is C19H16ClIN2O3S. The smallest absolute Gasteiger partial charge is 0.250 e. The molecule has 0 heterocycles. The molecule has 0 aromatic heterocycles. The Morgan fingerprint density at radius 3 is 2.81 bits per heavy atom. The number of carbonyl (C=O) groups is 1. The molecule has 1 N–H and O–H groups in total. The maximum Gasteiger partial charge on any atom is 0.250 e. The molecule has 0 atom stereocenters. The number of rotatable bonds is 8. The summed E-state index contributed by atoms with van der Waals surface area (Å²) in [5, 5.41) is 4.65. The van der Waals surface area contributed by atoms with Gasteiger partial charge in [0, 0.05) is 9.92 Å². The van der Waals surface area contributed by atoms with E-state index in [0.717, 1.165) is 14.0 Å². The fourth-order valence-corrected chi connectivity index (χ4v) is 3.56. The van der Waals surface area contributed by atoms with Gasteiger partial charge in [0.1, 0.15) is 6.61 Å². The largest absolute Gasteiger partial charge is 0.493 e. The van der Waals surface area contributed by atoms with Crippen molar-refractivity contribution >= 4 is 58.1 Å². The van der Waals surface area contributed by atoms with Crippen LogP contribution in [0.25, 0.3) is 0 Å². The summed E-state index contributed by atoms with van der Waals surface area (Å²) in [4.78, 5) is 12.9. The Morgan fingerprint density at radius 2 is 2.15 bits per heavy atom. The number of nitrogens with zero attached hydrogens (tertiary/aromatic N) is 1. The third kappa shape index (κ3) is 6.97. The van der Waals surface area contributed by atoms with Gasteiger partial charge >= 0.3 is 0 Å². The van der Waals surface area contributed by atoms with E-state index in [1.54, 1.807) is 31.5 Å². The van der Waals surface area contributed by atoms with Gasteiger partial charge in [-0.05, 0) is 64.6 Å². The Kier molecular flexibility index (Phi) is 8.78. The van der Waals surface area contributed by atoms with Crippen molar-refractivity contribution in [2.45, 2.75) is 4.90 Å². The van der Waals surface area contributed by atoms with Gasteiger partial charge in [-0.1, -0.05) is 17.5 Å². The predicted octanol–water partition coefficient (Wildman–Crippen LogP) is 4.21. The van der Waals surface area contributed by atoms with Crippen LogP contribution in [-0.4, -0.2) is 31.6 Å². The molecule has 27 heavy (non-hydrogen) atoms. The molecule has 0 spiro atoms. The van der Waals surface area contributed by atoms with E-state index in [1.807, 2.05) is 18.2 Å². The highest BCUT2D eigenvalue weighted by Gasteiger charge is 2.10. The van der Waals surface area contributed by atoms with Crippen LogP contribution in [0.5, 0.6) is 11.5 Å². The van der Waals surface area contributed by atoms with E-state index < -0.39 is 0 Å². The number of amides is 1. The van der Waals surface area contributed by atoms with Gasteiger partial charge in [0.25, 0.3) is 0 Å². The van der Waals surface area contributed by atoms with Gasteiger partial charge in [-0.15, -0.1) is 18.2 Å². The molecule has 2 aromatic carbocycles. The van der Waals surface area contributed by atoms with Crippen molar-refractivity contribution in [2.75, 3.05) is 19.5 Å². The molecule has 5 nitrogen and oxygen atoms in total. The van der Waals surface area contributed by atoms with Crippen molar-refractivity contribution in [2.24, 2.45) is 5.10 Å². The summed E-state index contributed by atoms with van der Waals surface area (Å²) >= 11 is 9.36. The van der Waals surface area contributed by atoms with E-state index in [1.165, 1.54) is 11.8 Å². The number of thioether (sulfide) groups is 1. The van der Waals surface area contributed by atoms with Crippen LogP contribution in [0.2, 0.25) is 5.02 Å². The Hall–Kier alpha value is -1.89. The molecular weight excluding hydrogens is 499 g/mol. The van der Waals surface area contributed by atoms with E-state index in [4.69, 9.17) is 27.5 Å². The maximum absolute atomic E-state index is 11.9. The molecule has 0 unspecified atom stereocenters. The SMILES string of the molecule is C#CCOc1c(I)cc(/C=N\NC(=O)CSc2ccc(Cl)cc2)cc1OC. The molecule has 2 aromatic rings. The van der Waals surface area contributed by atoms with Crippen molar-refractivity contribution in [3.8, 4) is 23.8 Å². The number of nitrogens with one attached hydrogen (secondary N) is 1. The summed E-state index contributed by atoms with van der Waals surface area (Å²) in [6.07, 6.45) is 6.77. The van der Waals surface area contributed by atoms with E-state index in [2.05, 4.69) is 39.0 Å². The quantitative estimate of drug-likeness (QED) is 0.189. The van der Waals surface area contributed by atoms with E-state index in [0.29, 0.717) is 16.5 Å². The molecule has 2 rings (SSSR count). The average molecular weight is 515 g/mol. The molecule has 0 aliphatic heterocycles. The van der Waals surface area contributed by atoms with Crippen LogP contribution < -0.4 is 14.9 Å². The Balaban J connectivity index is 1.93. The summed E-state index contributed by atoms with van der Waals surface area (Å²) in [5.41, 5.74) is 3.26. The summed E-state index contributed by atoms with van der Waals surface area (Å²) < 4.78 is 11.6. The monoisotopic (exact) mass is 514 g/mol. The average Bonchev–Trinajstić information content (AvgIpc) is 2.66. The number of methoxy groups -OCH3 is 1. The maximum atomic E-state index is 11.9. The topological polar surface area (TPSA) is 59.9 Å². The van der Waals surface area contributed by atoms with Gasteiger partial charge in [-0.2, -0.15) is 5.10 Å². The molecule has 0 saturated carbocycles. The molecule has 0 radical (unpaired) electrons. The first-order valence-electron chi connectivity index (χ1n) is 7.67. The predicted molar refractivity (Wildman–Crippen MR) is 118 cm³/mol. The number of halogens is 2. The summed E-state index contributed by atoms with van der Waals surface area (Å²) in [6, 6.07) is 10.9. The minimum Gasteiger partial charge on any atom is -0.493 e.